The van der Waals surface area contributed by atoms with Crippen molar-refractivity contribution in [2.75, 3.05) is 7.05 Å². The van der Waals surface area contributed by atoms with Gasteiger partial charge < -0.3 is 10.2 Å². The van der Waals surface area contributed by atoms with Gasteiger partial charge in [0.1, 0.15) is 0 Å². The molecule has 2 aromatic carbocycles. The second-order valence-electron chi connectivity index (χ2n) is 7.01. The van der Waals surface area contributed by atoms with Gasteiger partial charge in [0.05, 0.1) is 5.92 Å². The molecule has 0 saturated heterocycles. The van der Waals surface area contributed by atoms with E-state index in [1.807, 2.05) is 68.6 Å². The lowest BCUT2D eigenvalue weighted by molar-refractivity contribution is -0.132. The number of likely N-dealkylation sites (N-methyl/N-ethyl adjacent to an activating group) is 1. The number of hydrogen-bond donors (Lipinski definition) is 1. The first-order chi connectivity index (χ1) is 12.6. The fourth-order valence-electron chi connectivity index (χ4n) is 3.11. The molecule has 4 nitrogen and oxygen atoms in total. The highest BCUT2D eigenvalue weighted by Gasteiger charge is 2.24. The normalized spacial score (nSPS) is 14.5. The van der Waals surface area contributed by atoms with Crippen LogP contribution in [-0.4, -0.2) is 29.8 Å². The summed E-state index contributed by atoms with van der Waals surface area (Å²) in [6, 6.07) is 17.8. The largest absolute Gasteiger partial charge is 0.349 e. The first-order valence-corrected chi connectivity index (χ1v) is 9.28. The van der Waals surface area contributed by atoms with Crippen LogP contribution in [0.4, 0.5) is 0 Å². The van der Waals surface area contributed by atoms with E-state index in [1.54, 1.807) is 4.90 Å². The van der Waals surface area contributed by atoms with Gasteiger partial charge in [-0.2, -0.15) is 0 Å². The summed E-state index contributed by atoms with van der Waals surface area (Å²) in [5.41, 5.74) is 2.75. The lowest BCUT2D eigenvalue weighted by Gasteiger charge is -2.23. The molecule has 0 aromatic heterocycles. The van der Waals surface area contributed by atoms with Crippen LogP contribution in [0.1, 0.15) is 53.6 Å². The molecule has 1 N–H and O–H groups in total. The number of rotatable bonds is 7. The van der Waals surface area contributed by atoms with Crippen molar-refractivity contribution in [3.8, 4) is 0 Å². The third kappa shape index (κ3) is 4.51. The lowest BCUT2D eigenvalue weighted by atomic mass is 9.95. The fraction of sp³-hybridized carbons (Fsp3) is 0.364. The molecule has 0 bridgehead atoms. The maximum atomic E-state index is 12.8. The monoisotopic (exact) mass is 350 g/mol. The summed E-state index contributed by atoms with van der Waals surface area (Å²) in [4.78, 5) is 26.7. The number of benzene rings is 2. The average molecular weight is 350 g/mol. The molecule has 1 unspecified atom stereocenters. The topological polar surface area (TPSA) is 49.4 Å². The second kappa shape index (κ2) is 8.17. The van der Waals surface area contributed by atoms with E-state index in [1.165, 1.54) is 0 Å². The van der Waals surface area contributed by atoms with E-state index >= 15 is 0 Å². The number of nitrogens with one attached hydrogen (secondary N) is 1. The van der Waals surface area contributed by atoms with Crippen LogP contribution in [0, 0.1) is 0 Å². The van der Waals surface area contributed by atoms with Crippen molar-refractivity contribution in [2.45, 2.75) is 44.7 Å². The predicted molar refractivity (Wildman–Crippen MR) is 103 cm³/mol. The van der Waals surface area contributed by atoms with Gasteiger partial charge in [-0.25, -0.2) is 0 Å². The molecular formula is C22H26N2O2. The van der Waals surface area contributed by atoms with E-state index in [-0.39, 0.29) is 17.7 Å². The van der Waals surface area contributed by atoms with Gasteiger partial charge in [-0.1, -0.05) is 49.4 Å². The summed E-state index contributed by atoms with van der Waals surface area (Å²) in [5.74, 6) is -0.0161. The molecule has 0 spiro atoms. The molecule has 1 saturated carbocycles. The second-order valence-corrected chi connectivity index (χ2v) is 7.01. The van der Waals surface area contributed by atoms with Crippen LogP contribution in [0.3, 0.4) is 0 Å². The maximum Gasteiger partial charge on any atom is 0.251 e. The maximum absolute atomic E-state index is 12.8. The molecule has 2 amide bonds. The highest BCUT2D eigenvalue weighted by atomic mass is 16.2. The van der Waals surface area contributed by atoms with E-state index in [4.69, 9.17) is 0 Å². The molecule has 1 atom stereocenters. The smallest absolute Gasteiger partial charge is 0.251 e. The molecule has 2 aromatic rings. The zero-order chi connectivity index (χ0) is 18.5. The highest BCUT2D eigenvalue weighted by Crippen LogP contribution is 2.22. The van der Waals surface area contributed by atoms with Crippen molar-refractivity contribution in [1.29, 1.82) is 0 Å². The van der Waals surface area contributed by atoms with Crippen LogP contribution in [0.2, 0.25) is 0 Å². The van der Waals surface area contributed by atoms with Crippen molar-refractivity contribution >= 4 is 11.8 Å². The minimum absolute atomic E-state index is 0.0152. The molecule has 4 heteroatoms. The summed E-state index contributed by atoms with van der Waals surface area (Å²) < 4.78 is 0. The van der Waals surface area contributed by atoms with Crippen LogP contribution in [0.15, 0.2) is 54.6 Å². The minimum Gasteiger partial charge on any atom is -0.349 e. The van der Waals surface area contributed by atoms with E-state index in [0.29, 0.717) is 18.2 Å². The Kier molecular flexibility index (Phi) is 5.71. The quantitative estimate of drug-likeness (QED) is 0.827. The Morgan fingerprint density at radius 2 is 1.73 bits per heavy atom. The zero-order valence-corrected chi connectivity index (χ0v) is 15.4. The number of hydrogen-bond acceptors (Lipinski definition) is 2. The van der Waals surface area contributed by atoms with Gasteiger partial charge in [-0.3, -0.25) is 9.59 Å². The standard InChI is InChI=1S/C22H26N2O2/c1-3-20(17-7-5-4-6-8-17)22(26)24(2)15-16-9-11-18(12-10-16)21(25)23-19-13-14-19/h4-12,19-20H,3,13-15H2,1-2H3,(H,23,25). The van der Waals surface area contributed by atoms with Gasteiger partial charge in [-0.05, 0) is 42.5 Å². The van der Waals surface area contributed by atoms with Gasteiger partial charge >= 0.3 is 0 Å². The van der Waals surface area contributed by atoms with E-state index < -0.39 is 0 Å². The third-order valence-electron chi connectivity index (χ3n) is 4.83. The molecule has 0 heterocycles. The number of nitrogens with zero attached hydrogens (tertiary/aromatic N) is 1. The summed E-state index contributed by atoms with van der Waals surface area (Å²) >= 11 is 0. The minimum atomic E-state index is -0.121. The van der Waals surface area contributed by atoms with E-state index in [2.05, 4.69) is 5.32 Å². The molecule has 1 aliphatic rings. The Balaban J connectivity index is 1.62. The van der Waals surface area contributed by atoms with Crippen molar-refractivity contribution in [2.24, 2.45) is 0 Å². The molecular weight excluding hydrogens is 324 g/mol. The Morgan fingerprint density at radius 1 is 1.08 bits per heavy atom. The number of carbonyl (C=O) groups excluding carboxylic acids is 2. The summed E-state index contributed by atoms with van der Waals surface area (Å²) in [7, 11) is 1.83. The first-order valence-electron chi connectivity index (χ1n) is 9.28. The average Bonchev–Trinajstić information content (AvgIpc) is 3.47. The molecule has 1 aliphatic carbocycles. The van der Waals surface area contributed by atoms with Crippen molar-refractivity contribution in [3.05, 3.63) is 71.3 Å². The van der Waals surface area contributed by atoms with Gasteiger partial charge in [0.25, 0.3) is 5.91 Å². The third-order valence-corrected chi connectivity index (χ3v) is 4.83. The van der Waals surface area contributed by atoms with Gasteiger partial charge in [0.2, 0.25) is 5.91 Å². The van der Waals surface area contributed by atoms with Crippen LogP contribution in [0.25, 0.3) is 0 Å². The molecule has 1 fully saturated rings. The van der Waals surface area contributed by atoms with Gasteiger partial charge in [0, 0.05) is 25.2 Å². The highest BCUT2D eigenvalue weighted by molar-refractivity contribution is 5.94. The van der Waals surface area contributed by atoms with E-state index in [9.17, 15) is 9.59 Å². The van der Waals surface area contributed by atoms with Crippen molar-refractivity contribution < 1.29 is 9.59 Å². The number of carbonyl (C=O) groups is 2. The van der Waals surface area contributed by atoms with Crippen LogP contribution in [-0.2, 0) is 11.3 Å². The summed E-state index contributed by atoms with van der Waals surface area (Å²) in [6.45, 7) is 2.57. The van der Waals surface area contributed by atoms with Crippen molar-refractivity contribution in [1.82, 2.24) is 10.2 Å². The van der Waals surface area contributed by atoms with Crippen LogP contribution < -0.4 is 5.32 Å². The van der Waals surface area contributed by atoms with Gasteiger partial charge in [0.15, 0.2) is 0 Å². The molecule has 0 aliphatic heterocycles. The fourth-order valence-corrected chi connectivity index (χ4v) is 3.11. The Hall–Kier alpha value is -2.62. The van der Waals surface area contributed by atoms with Crippen molar-refractivity contribution in [3.63, 3.8) is 0 Å². The SMILES string of the molecule is CCC(C(=O)N(C)Cc1ccc(C(=O)NC2CC2)cc1)c1ccccc1. The van der Waals surface area contributed by atoms with Crippen LogP contribution >= 0.6 is 0 Å². The first kappa shape index (κ1) is 18.2. The summed E-state index contributed by atoms with van der Waals surface area (Å²) in [6.07, 6.45) is 2.93. The zero-order valence-electron chi connectivity index (χ0n) is 15.4. The molecule has 26 heavy (non-hydrogen) atoms. The Morgan fingerprint density at radius 3 is 2.31 bits per heavy atom. The Bertz CT molecular complexity index is 751. The number of amides is 2. The lowest BCUT2D eigenvalue weighted by Crippen LogP contribution is -2.31. The summed E-state index contributed by atoms with van der Waals surface area (Å²) in [5, 5.41) is 2.99. The molecule has 3 rings (SSSR count). The van der Waals surface area contributed by atoms with E-state index in [0.717, 1.165) is 30.4 Å². The molecule has 0 radical (unpaired) electrons. The van der Waals surface area contributed by atoms with Gasteiger partial charge in [-0.15, -0.1) is 0 Å². The van der Waals surface area contributed by atoms with Crippen LogP contribution in [0.5, 0.6) is 0 Å². The Labute approximate surface area is 155 Å². The molecule has 136 valence electrons. The predicted octanol–water partition coefficient (Wildman–Crippen LogP) is 3.73.